The first-order chi connectivity index (χ1) is 12.4. The topological polar surface area (TPSA) is 0 Å². The molecule has 3 aromatic rings. The van der Waals surface area contributed by atoms with E-state index in [0.717, 1.165) is 0 Å². The van der Waals surface area contributed by atoms with Crippen molar-refractivity contribution in [2.24, 2.45) is 0 Å². The second-order valence-corrected chi connectivity index (χ2v) is 17.7. The van der Waals surface area contributed by atoms with Gasteiger partial charge >= 0.3 is 0 Å². The maximum atomic E-state index is 2.55. The first kappa shape index (κ1) is 17.3. The lowest BCUT2D eigenvalue weighted by molar-refractivity contribution is 1.48. The van der Waals surface area contributed by atoms with Crippen molar-refractivity contribution in [2.45, 2.75) is 26.6 Å². The lowest BCUT2D eigenvalue weighted by Gasteiger charge is -2.38. The van der Waals surface area contributed by atoms with Crippen LogP contribution in [0.15, 0.2) is 83.7 Å². The molecule has 0 aliphatic carbocycles. The lowest BCUT2D eigenvalue weighted by atomic mass is 10.1. The average molecular weight is 371 g/mol. The standard InChI is InChI=1S/C24H26Si2/c1-19-15-16-20-18-24(25(2,3)4)26(23(20)17-19,21-11-7-5-8-12-21)22-13-9-6-10-14-22/h5-18H,1-4H3. The van der Waals surface area contributed by atoms with E-state index >= 15 is 0 Å². The van der Waals surface area contributed by atoms with Gasteiger partial charge in [0.15, 0.2) is 8.07 Å². The van der Waals surface area contributed by atoms with Crippen molar-refractivity contribution in [3.05, 3.63) is 94.8 Å². The van der Waals surface area contributed by atoms with Crippen molar-refractivity contribution in [3.8, 4) is 0 Å². The van der Waals surface area contributed by atoms with E-state index in [-0.39, 0.29) is 0 Å². The van der Waals surface area contributed by atoms with Crippen LogP contribution >= 0.6 is 0 Å². The molecule has 0 unspecified atom stereocenters. The maximum Gasteiger partial charge on any atom is 0.172 e. The summed E-state index contributed by atoms with van der Waals surface area (Å²) in [7, 11) is -3.70. The third-order valence-electron chi connectivity index (χ3n) is 5.54. The zero-order valence-corrected chi connectivity index (χ0v) is 18.1. The molecule has 0 saturated carbocycles. The monoisotopic (exact) mass is 370 g/mol. The Bertz CT molecular complexity index is 925. The highest BCUT2D eigenvalue weighted by atomic mass is 28.4. The van der Waals surface area contributed by atoms with Gasteiger partial charge < -0.3 is 0 Å². The summed E-state index contributed by atoms with van der Waals surface area (Å²) in [6.45, 7) is 9.74. The van der Waals surface area contributed by atoms with Crippen LogP contribution in [0.4, 0.5) is 0 Å². The number of hydrogen-bond donors (Lipinski definition) is 0. The highest BCUT2D eigenvalue weighted by Crippen LogP contribution is 2.33. The number of benzene rings is 3. The van der Waals surface area contributed by atoms with E-state index in [1.54, 1.807) is 10.0 Å². The molecule has 130 valence electrons. The summed E-state index contributed by atoms with van der Waals surface area (Å²) in [5.41, 5.74) is 2.80. The Morgan fingerprint density at radius 1 is 0.692 bits per heavy atom. The minimum atomic E-state index is -2.18. The van der Waals surface area contributed by atoms with E-state index in [4.69, 9.17) is 0 Å². The van der Waals surface area contributed by atoms with Crippen molar-refractivity contribution in [1.82, 2.24) is 0 Å². The molecule has 0 saturated heterocycles. The fourth-order valence-electron chi connectivity index (χ4n) is 4.47. The van der Waals surface area contributed by atoms with Crippen LogP contribution < -0.4 is 15.6 Å². The Hall–Kier alpha value is -2.17. The average Bonchev–Trinajstić information content (AvgIpc) is 2.99. The Labute approximate surface area is 159 Å². The summed E-state index contributed by atoms with van der Waals surface area (Å²) in [6, 6.07) is 29.6. The summed E-state index contributed by atoms with van der Waals surface area (Å²) in [5.74, 6) is 0. The molecule has 4 rings (SSSR count). The second-order valence-electron chi connectivity index (χ2n) is 8.38. The predicted octanol–water partition coefficient (Wildman–Crippen LogP) is 4.28. The second kappa shape index (κ2) is 6.22. The van der Waals surface area contributed by atoms with Crippen LogP contribution in [0, 0.1) is 6.92 Å². The zero-order chi connectivity index (χ0) is 18.4. The van der Waals surface area contributed by atoms with Gasteiger partial charge in [0.1, 0.15) is 0 Å². The van der Waals surface area contributed by atoms with Crippen LogP contribution in [0.3, 0.4) is 0 Å². The number of fused-ring (bicyclic) bond motifs is 1. The van der Waals surface area contributed by atoms with Gasteiger partial charge in [0.05, 0.1) is 8.07 Å². The molecule has 0 atom stereocenters. The highest BCUT2D eigenvalue weighted by molar-refractivity contribution is 7.26. The summed E-state index contributed by atoms with van der Waals surface area (Å²) in [6.07, 6.45) is 2.55. The molecule has 26 heavy (non-hydrogen) atoms. The molecule has 0 radical (unpaired) electrons. The van der Waals surface area contributed by atoms with Crippen molar-refractivity contribution in [3.63, 3.8) is 0 Å². The molecule has 0 N–H and O–H groups in total. The molecular weight excluding hydrogens is 344 g/mol. The van der Waals surface area contributed by atoms with Gasteiger partial charge in [-0.1, -0.05) is 115 Å². The quantitative estimate of drug-likeness (QED) is 0.604. The van der Waals surface area contributed by atoms with Gasteiger partial charge in [0.25, 0.3) is 0 Å². The molecule has 0 amide bonds. The van der Waals surface area contributed by atoms with Crippen molar-refractivity contribution < 1.29 is 0 Å². The first-order valence-corrected chi connectivity index (χ1v) is 14.9. The first-order valence-electron chi connectivity index (χ1n) is 9.39. The van der Waals surface area contributed by atoms with Crippen LogP contribution in [0.5, 0.6) is 0 Å². The summed E-state index contributed by atoms with van der Waals surface area (Å²) in [4.78, 5) is 1.74. The normalized spacial score (nSPS) is 15.5. The minimum Gasteiger partial charge on any atom is -0.0776 e. The Kier molecular flexibility index (Phi) is 4.13. The molecule has 3 aromatic carbocycles. The Morgan fingerprint density at radius 3 is 1.73 bits per heavy atom. The van der Waals surface area contributed by atoms with E-state index in [9.17, 15) is 0 Å². The fraction of sp³-hybridized carbons (Fsp3) is 0.167. The summed E-state index contributed by atoms with van der Waals surface area (Å²) >= 11 is 0. The smallest absolute Gasteiger partial charge is 0.0776 e. The number of aryl methyl sites for hydroxylation is 1. The van der Waals surface area contributed by atoms with Crippen molar-refractivity contribution in [1.29, 1.82) is 0 Å². The molecule has 0 bridgehead atoms. The van der Waals surface area contributed by atoms with Gasteiger partial charge in [0.2, 0.25) is 0 Å². The summed E-state index contributed by atoms with van der Waals surface area (Å²) in [5, 5.41) is 4.61. The molecule has 1 heterocycles. The van der Waals surface area contributed by atoms with Gasteiger partial charge in [-0.05, 0) is 28.0 Å². The molecule has 1 aliphatic heterocycles. The van der Waals surface area contributed by atoms with E-state index < -0.39 is 16.1 Å². The molecule has 0 fully saturated rings. The van der Waals surface area contributed by atoms with E-state index in [1.165, 1.54) is 21.5 Å². The van der Waals surface area contributed by atoms with Crippen LogP contribution in [0.1, 0.15) is 11.1 Å². The lowest BCUT2D eigenvalue weighted by Crippen LogP contribution is -2.70. The SMILES string of the molecule is Cc1ccc2c(c1)[Si](c1ccccc1)(c1ccccc1)C([Si](C)(C)C)=C2. The highest BCUT2D eigenvalue weighted by Gasteiger charge is 2.50. The molecule has 0 spiro atoms. The molecule has 1 aliphatic rings. The van der Waals surface area contributed by atoms with E-state index in [1.807, 2.05) is 0 Å². The minimum absolute atomic E-state index is 1.36. The van der Waals surface area contributed by atoms with Crippen LogP contribution in [0.2, 0.25) is 19.6 Å². The van der Waals surface area contributed by atoms with Gasteiger partial charge in [-0.15, -0.1) is 0 Å². The molecule has 2 heteroatoms. The van der Waals surface area contributed by atoms with Crippen molar-refractivity contribution >= 4 is 37.8 Å². The summed E-state index contributed by atoms with van der Waals surface area (Å²) < 4.78 is 0. The molecular formula is C24H26Si2. The van der Waals surface area contributed by atoms with Gasteiger partial charge in [-0.25, -0.2) is 0 Å². The van der Waals surface area contributed by atoms with Crippen LogP contribution in [0.25, 0.3) is 6.08 Å². The zero-order valence-electron chi connectivity index (χ0n) is 16.1. The fourth-order valence-corrected chi connectivity index (χ4v) is 15.5. The van der Waals surface area contributed by atoms with Crippen LogP contribution in [-0.4, -0.2) is 16.1 Å². The van der Waals surface area contributed by atoms with Gasteiger partial charge in [0, 0.05) is 0 Å². The predicted molar refractivity (Wildman–Crippen MR) is 120 cm³/mol. The van der Waals surface area contributed by atoms with Gasteiger partial charge in [-0.2, -0.15) is 0 Å². The third-order valence-corrected chi connectivity index (χ3v) is 15.3. The molecule has 0 aromatic heterocycles. The molecule has 0 nitrogen and oxygen atoms in total. The number of hydrogen-bond acceptors (Lipinski definition) is 0. The Balaban J connectivity index is 2.16. The van der Waals surface area contributed by atoms with Crippen LogP contribution in [-0.2, 0) is 0 Å². The number of rotatable bonds is 3. The van der Waals surface area contributed by atoms with Crippen molar-refractivity contribution in [2.75, 3.05) is 0 Å². The third kappa shape index (κ3) is 2.56. The van der Waals surface area contributed by atoms with E-state index in [2.05, 4.69) is 112 Å². The maximum absolute atomic E-state index is 2.55. The van der Waals surface area contributed by atoms with E-state index in [0.29, 0.717) is 0 Å². The largest absolute Gasteiger partial charge is 0.172 e. The van der Waals surface area contributed by atoms with Gasteiger partial charge in [-0.3, -0.25) is 0 Å². The Morgan fingerprint density at radius 2 is 1.23 bits per heavy atom.